The maximum Gasteiger partial charge on any atom is 0.435 e. The average Bonchev–Trinajstić information content (AvgIpc) is 2.87. The van der Waals surface area contributed by atoms with Crippen molar-refractivity contribution in [2.24, 2.45) is 0 Å². The molecule has 0 amide bonds. The topological polar surface area (TPSA) is 41.6 Å². The number of alkyl halides is 4. The van der Waals surface area contributed by atoms with Crippen LogP contribution in [0.3, 0.4) is 0 Å². The molecule has 0 saturated heterocycles. The molecule has 0 aliphatic heterocycles. The maximum absolute atomic E-state index is 12.5. The second-order valence-corrected chi connectivity index (χ2v) is 4.01. The smallest absolute Gasteiger partial charge is 0.239 e. The quantitative estimate of drug-likeness (QED) is 0.793. The first-order valence-electron chi connectivity index (χ1n) is 5.18. The molecule has 0 aliphatic rings. The largest absolute Gasteiger partial charge is 0.435 e. The van der Waals surface area contributed by atoms with Gasteiger partial charge in [-0.05, 0) is 23.8 Å². The highest BCUT2D eigenvalue weighted by Crippen LogP contribution is 2.28. The van der Waals surface area contributed by atoms with Crippen LogP contribution in [0.1, 0.15) is 16.8 Å². The minimum Gasteiger partial charge on any atom is -0.239 e. The molecule has 0 unspecified atom stereocenters. The molecule has 2 rings (SSSR count). The van der Waals surface area contributed by atoms with Crippen LogP contribution in [0.4, 0.5) is 13.2 Å². The first kappa shape index (κ1) is 13.4. The highest BCUT2D eigenvalue weighted by Gasteiger charge is 2.33. The van der Waals surface area contributed by atoms with Crippen LogP contribution in [0.2, 0.25) is 0 Å². The standard InChI is InChI=1S/C12H7ClF3N3/c13-6-8-1-2-10(9(5-8)7-17)19-4-3-11(18-19)12(14,15)16/h1-5H,6H2. The molecular formula is C12H7ClF3N3. The van der Waals surface area contributed by atoms with Gasteiger partial charge in [0.15, 0.2) is 5.69 Å². The van der Waals surface area contributed by atoms with E-state index in [1.807, 2.05) is 6.07 Å². The van der Waals surface area contributed by atoms with Gasteiger partial charge >= 0.3 is 6.18 Å². The van der Waals surface area contributed by atoms with Gasteiger partial charge in [0.05, 0.1) is 11.3 Å². The average molecular weight is 286 g/mol. The molecule has 19 heavy (non-hydrogen) atoms. The summed E-state index contributed by atoms with van der Waals surface area (Å²) < 4.78 is 38.4. The molecule has 0 N–H and O–H groups in total. The van der Waals surface area contributed by atoms with Crippen LogP contribution < -0.4 is 0 Å². The zero-order chi connectivity index (χ0) is 14.0. The second kappa shape index (κ2) is 4.94. The van der Waals surface area contributed by atoms with Crippen LogP contribution in [0.5, 0.6) is 0 Å². The van der Waals surface area contributed by atoms with E-state index < -0.39 is 11.9 Å². The van der Waals surface area contributed by atoms with E-state index in [1.165, 1.54) is 18.3 Å². The van der Waals surface area contributed by atoms with E-state index >= 15 is 0 Å². The van der Waals surface area contributed by atoms with E-state index in [0.717, 1.165) is 10.7 Å². The van der Waals surface area contributed by atoms with Gasteiger partial charge in [0.2, 0.25) is 0 Å². The zero-order valence-corrected chi connectivity index (χ0v) is 10.2. The monoisotopic (exact) mass is 285 g/mol. The van der Waals surface area contributed by atoms with Crippen molar-refractivity contribution in [1.82, 2.24) is 9.78 Å². The van der Waals surface area contributed by atoms with Crippen LogP contribution in [0.15, 0.2) is 30.5 Å². The number of aromatic nitrogens is 2. The number of halogens is 4. The van der Waals surface area contributed by atoms with Crippen molar-refractivity contribution in [1.29, 1.82) is 5.26 Å². The molecule has 0 atom stereocenters. The summed E-state index contributed by atoms with van der Waals surface area (Å²) in [6.45, 7) is 0. The van der Waals surface area contributed by atoms with E-state index in [1.54, 1.807) is 6.07 Å². The number of rotatable bonds is 2. The second-order valence-electron chi connectivity index (χ2n) is 3.74. The third-order valence-corrected chi connectivity index (χ3v) is 2.77. The molecule has 3 nitrogen and oxygen atoms in total. The SMILES string of the molecule is N#Cc1cc(CCl)ccc1-n1ccc(C(F)(F)F)n1. The van der Waals surface area contributed by atoms with Crippen molar-refractivity contribution in [2.75, 3.05) is 0 Å². The van der Waals surface area contributed by atoms with Gasteiger partial charge in [0.25, 0.3) is 0 Å². The van der Waals surface area contributed by atoms with Crippen LogP contribution >= 0.6 is 11.6 Å². The Morgan fingerprint density at radius 2 is 2.05 bits per heavy atom. The molecule has 0 bridgehead atoms. The summed E-state index contributed by atoms with van der Waals surface area (Å²) in [5, 5.41) is 12.4. The molecule has 1 aromatic heterocycles. The van der Waals surface area contributed by atoms with Crippen molar-refractivity contribution in [3.05, 3.63) is 47.3 Å². The van der Waals surface area contributed by atoms with Gasteiger partial charge in [-0.15, -0.1) is 11.6 Å². The summed E-state index contributed by atoms with van der Waals surface area (Å²) in [5.74, 6) is 0.224. The fourth-order valence-electron chi connectivity index (χ4n) is 1.56. The van der Waals surface area contributed by atoms with Gasteiger partial charge in [-0.25, -0.2) is 4.68 Å². The predicted octanol–water partition coefficient (Wildman–Crippen LogP) is 3.50. The van der Waals surface area contributed by atoms with Gasteiger partial charge in [-0.1, -0.05) is 6.07 Å². The Kier molecular flexibility index (Phi) is 3.49. The third kappa shape index (κ3) is 2.71. The lowest BCUT2D eigenvalue weighted by atomic mass is 10.1. The summed E-state index contributed by atoms with van der Waals surface area (Å²) >= 11 is 5.64. The Morgan fingerprint density at radius 1 is 1.32 bits per heavy atom. The van der Waals surface area contributed by atoms with Crippen LogP contribution in [-0.2, 0) is 12.1 Å². The molecule has 98 valence electrons. The minimum absolute atomic E-state index is 0.218. The molecule has 1 heterocycles. The summed E-state index contributed by atoms with van der Waals surface area (Å²) in [6, 6.07) is 7.45. The molecule has 1 aromatic carbocycles. The molecule has 0 saturated carbocycles. The zero-order valence-electron chi connectivity index (χ0n) is 9.45. The predicted molar refractivity (Wildman–Crippen MR) is 62.8 cm³/mol. The highest BCUT2D eigenvalue weighted by molar-refractivity contribution is 6.17. The van der Waals surface area contributed by atoms with Gasteiger partial charge in [0, 0.05) is 12.1 Å². The number of nitriles is 1. The number of nitrogens with zero attached hydrogens (tertiary/aromatic N) is 3. The summed E-state index contributed by atoms with van der Waals surface area (Å²) in [5.41, 5.74) is 0.213. The molecule has 7 heteroatoms. The van der Waals surface area contributed by atoms with Crippen LogP contribution in [-0.4, -0.2) is 9.78 Å². The Labute approximate surface area is 111 Å². The van der Waals surface area contributed by atoms with E-state index in [0.29, 0.717) is 5.56 Å². The Morgan fingerprint density at radius 3 is 2.58 bits per heavy atom. The Balaban J connectivity index is 2.48. The Hall–Kier alpha value is -2.00. The maximum atomic E-state index is 12.5. The lowest BCUT2D eigenvalue weighted by Gasteiger charge is -2.06. The summed E-state index contributed by atoms with van der Waals surface area (Å²) in [6.07, 6.45) is -3.34. The van der Waals surface area contributed by atoms with Gasteiger partial charge in [-0.3, -0.25) is 0 Å². The van der Waals surface area contributed by atoms with Crippen molar-refractivity contribution in [2.45, 2.75) is 12.1 Å². The summed E-state index contributed by atoms with van der Waals surface area (Å²) in [7, 11) is 0. The third-order valence-electron chi connectivity index (χ3n) is 2.46. The molecule has 0 fully saturated rings. The molecule has 0 aliphatic carbocycles. The van der Waals surface area contributed by atoms with Crippen LogP contribution in [0.25, 0.3) is 5.69 Å². The van der Waals surface area contributed by atoms with Gasteiger partial charge in [0.1, 0.15) is 6.07 Å². The molecule has 0 spiro atoms. The number of hydrogen-bond donors (Lipinski definition) is 0. The first-order valence-corrected chi connectivity index (χ1v) is 5.71. The van der Waals surface area contributed by atoms with Gasteiger partial charge in [-0.2, -0.15) is 23.5 Å². The highest BCUT2D eigenvalue weighted by atomic mass is 35.5. The van der Waals surface area contributed by atoms with Crippen molar-refractivity contribution in [3.8, 4) is 11.8 Å². The lowest BCUT2D eigenvalue weighted by Crippen LogP contribution is -2.07. The van der Waals surface area contributed by atoms with Gasteiger partial charge < -0.3 is 0 Å². The molecular weight excluding hydrogens is 279 g/mol. The summed E-state index contributed by atoms with van der Waals surface area (Å²) in [4.78, 5) is 0. The van der Waals surface area contributed by atoms with Crippen LogP contribution in [0, 0.1) is 11.3 Å². The lowest BCUT2D eigenvalue weighted by molar-refractivity contribution is -0.141. The van der Waals surface area contributed by atoms with E-state index in [-0.39, 0.29) is 17.1 Å². The van der Waals surface area contributed by atoms with E-state index in [4.69, 9.17) is 16.9 Å². The number of hydrogen-bond acceptors (Lipinski definition) is 2. The van der Waals surface area contributed by atoms with Crippen molar-refractivity contribution in [3.63, 3.8) is 0 Å². The minimum atomic E-state index is -4.51. The molecule has 0 radical (unpaired) electrons. The normalized spacial score (nSPS) is 11.3. The first-order chi connectivity index (χ1) is 8.95. The van der Waals surface area contributed by atoms with E-state index in [2.05, 4.69) is 5.10 Å². The fraction of sp³-hybridized carbons (Fsp3) is 0.167. The fourth-order valence-corrected chi connectivity index (χ4v) is 1.73. The number of benzene rings is 1. The molecule has 2 aromatic rings. The van der Waals surface area contributed by atoms with E-state index in [9.17, 15) is 13.2 Å². The van der Waals surface area contributed by atoms with Crippen molar-refractivity contribution < 1.29 is 13.2 Å². The Bertz CT molecular complexity index is 640. The van der Waals surface area contributed by atoms with Crippen molar-refractivity contribution >= 4 is 11.6 Å².